The van der Waals surface area contributed by atoms with Gasteiger partial charge in [-0.25, -0.2) is 9.07 Å². The first-order chi connectivity index (χ1) is 16.9. The lowest BCUT2D eigenvalue weighted by Gasteiger charge is -2.35. The van der Waals surface area contributed by atoms with Gasteiger partial charge in [-0.3, -0.25) is 0 Å². The Morgan fingerprint density at radius 1 is 1.17 bits per heavy atom. The molecule has 1 aromatic heterocycles. The van der Waals surface area contributed by atoms with E-state index in [0.29, 0.717) is 12.0 Å². The average molecular weight is 481 g/mol. The molecule has 192 valence electrons. The van der Waals surface area contributed by atoms with Crippen LogP contribution in [0.25, 0.3) is 17.3 Å². The van der Waals surface area contributed by atoms with Crippen molar-refractivity contribution in [2.45, 2.75) is 72.8 Å². The zero-order valence-electron chi connectivity index (χ0n) is 22.6. The Hall–Kier alpha value is -2.66. The number of hydrogen-bond donors (Lipinski definition) is 1. The van der Waals surface area contributed by atoms with E-state index in [1.165, 1.54) is 31.4 Å². The highest BCUT2D eigenvalue weighted by Gasteiger charge is 2.26. The van der Waals surface area contributed by atoms with E-state index in [4.69, 9.17) is 0 Å². The molecule has 1 aromatic carbocycles. The summed E-state index contributed by atoms with van der Waals surface area (Å²) in [6, 6.07) is 6.83. The average Bonchev–Trinajstić information content (AvgIpc) is 3.28. The molecule has 1 saturated heterocycles. The van der Waals surface area contributed by atoms with Crippen LogP contribution in [0.3, 0.4) is 0 Å². The molecule has 1 N–H and O–H groups in total. The molecular formula is C30H45FN4. The molecule has 0 bridgehead atoms. The molecule has 1 aliphatic rings. The van der Waals surface area contributed by atoms with Crippen molar-refractivity contribution in [2.24, 2.45) is 5.92 Å². The first kappa shape index (κ1) is 28.6. The van der Waals surface area contributed by atoms with Gasteiger partial charge in [-0.2, -0.15) is 5.10 Å². The lowest BCUT2D eigenvalue weighted by Crippen LogP contribution is -2.41. The molecule has 1 unspecified atom stereocenters. The Balaban J connectivity index is 0.00000137. The van der Waals surface area contributed by atoms with E-state index >= 15 is 0 Å². The monoisotopic (exact) mass is 480 g/mol. The molecule has 1 fully saturated rings. The fourth-order valence-electron chi connectivity index (χ4n) is 4.64. The predicted octanol–water partition coefficient (Wildman–Crippen LogP) is 7.48. The zero-order valence-corrected chi connectivity index (χ0v) is 22.6. The number of benzene rings is 1. The van der Waals surface area contributed by atoms with E-state index in [9.17, 15) is 4.39 Å². The van der Waals surface area contributed by atoms with Crippen LogP contribution in [0.4, 0.5) is 4.39 Å². The van der Waals surface area contributed by atoms with Crippen molar-refractivity contribution < 1.29 is 4.39 Å². The third-order valence-electron chi connectivity index (χ3n) is 6.46. The molecule has 0 aliphatic carbocycles. The summed E-state index contributed by atoms with van der Waals surface area (Å²) in [5.41, 5.74) is 5.02. The van der Waals surface area contributed by atoms with Crippen LogP contribution in [0.1, 0.15) is 78.0 Å². The number of likely N-dealkylation sites (tertiary alicyclic amines) is 1. The van der Waals surface area contributed by atoms with Gasteiger partial charge in [-0.05, 0) is 89.0 Å². The minimum Gasteiger partial charge on any atom is -0.382 e. The number of aromatic nitrogens is 2. The Morgan fingerprint density at radius 3 is 2.31 bits per heavy atom. The van der Waals surface area contributed by atoms with Crippen molar-refractivity contribution in [2.75, 3.05) is 20.1 Å². The van der Waals surface area contributed by atoms with Gasteiger partial charge in [0.25, 0.3) is 0 Å². The number of hydrogen-bond acceptors (Lipinski definition) is 3. The molecular weight excluding hydrogens is 435 g/mol. The van der Waals surface area contributed by atoms with E-state index in [2.05, 4.69) is 75.7 Å². The number of nitrogens with one attached hydrogen (secondary N) is 1. The number of piperidine rings is 1. The Kier molecular flexibility index (Phi) is 12.0. The summed E-state index contributed by atoms with van der Waals surface area (Å²) in [5.74, 6) is 0.419. The Morgan fingerprint density at radius 2 is 1.80 bits per heavy atom. The second-order valence-electron chi connectivity index (χ2n) is 9.27. The number of nitrogens with zero attached hydrogens (tertiary/aromatic N) is 3. The van der Waals surface area contributed by atoms with Gasteiger partial charge < -0.3 is 10.2 Å². The minimum absolute atomic E-state index is 0.257. The van der Waals surface area contributed by atoms with Gasteiger partial charge in [-0.1, -0.05) is 52.8 Å². The highest BCUT2D eigenvalue weighted by atomic mass is 19.1. The SMILES string of the molecule is C=Cc1c(C(=C\C)/C(=C\CC)NC(CC)C2CCN(C)CC2)cnn1-c1ccc(F)cc1.CCC. The molecule has 0 radical (unpaired) electrons. The first-order valence-corrected chi connectivity index (χ1v) is 13.2. The van der Waals surface area contributed by atoms with Gasteiger partial charge in [0.1, 0.15) is 5.82 Å². The van der Waals surface area contributed by atoms with Crippen LogP contribution in [0.2, 0.25) is 0 Å². The van der Waals surface area contributed by atoms with Crippen LogP contribution >= 0.6 is 0 Å². The van der Waals surface area contributed by atoms with Crippen LogP contribution in [0, 0.1) is 11.7 Å². The Labute approximate surface area is 212 Å². The second-order valence-corrected chi connectivity index (χ2v) is 9.27. The summed E-state index contributed by atoms with van der Waals surface area (Å²) in [6.45, 7) is 17.1. The van der Waals surface area contributed by atoms with Crippen LogP contribution in [0.15, 0.2) is 54.9 Å². The summed E-state index contributed by atoms with van der Waals surface area (Å²) in [5, 5.41) is 8.52. The van der Waals surface area contributed by atoms with E-state index in [1.807, 2.05) is 17.0 Å². The molecule has 2 heterocycles. The molecule has 0 spiro atoms. The largest absolute Gasteiger partial charge is 0.382 e. The van der Waals surface area contributed by atoms with Crippen LogP contribution in [0.5, 0.6) is 0 Å². The molecule has 1 aliphatic heterocycles. The summed E-state index contributed by atoms with van der Waals surface area (Å²) in [7, 11) is 2.21. The molecule has 3 rings (SSSR count). The molecule has 4 nitrogen and oxygen atoms in total. The van der Waals surface area contributed by atoms with E-state index in [1.54, 1.807) is 12.1 Å². The lowest BCUT2D eigenvalue weighted by molar-refractivity contribution is 0.187. The fourth-order valence-corrected chi connectivity index (χ4v) is 4.64. The van der Waals surface area contributed by atoms with Crippen molar-refractivity contribution in [1.82, 2.24) is 20.0 Å². The number of rotatable bonds is 9. The van der Waals surface area contributed by atoms with E-state index in [-0.39, 0.29) is 5.82 Å². The summed E-state index contributed by atoms with van der Waals surface area (Å²) in [6.07, 6.45) is 13.9. The maximum absolute atomic E-state index is 13.4. The van der Waals surface area contributed by atoms with Gasteiger partial charge in [0.05, 0.1) is 17.6 Å². The maximum Gasteiger partial charge on any atom is 0.123 e. The van der Waals surface area contributed by atoms with Crippen molar-refractivity contribution in [3.8, 4) is 5.69 Å². The number of halogens is 1. The molecule has 0 amide bonds. The highest BCUT2D eigenvalue weighted by Crippen LogP contribution is 2.30. The highest BCUT2D eigenvalue weighted by molar-refractivity contribution is 5.82. The van der Waals surface area contributed by atoms with E-state index < -0.39 is 0 Å². The van der Waals surface area contributed by atoms with Gasteiger partial charge in [0.2, 0.25) is 0 Å². The van der Waals surface area contributed by atoms with Crippen LogP contribution in [-0.2, 0) is 0 Å². The van der Waals surface area contributed by atoms with Gasteiger partial charge >= 0.3 is 0 Å². The molecule has 5 heteroatoms. The number of allylic oxidation sites excluding steroid dienone is 3. The van der Waals surface area contributed by atoms with Crippen LogP contribution < -0.4 is 5.32 Å². The smallest absolute Gasteiger partial charge is 0.123 e. The first-order valence-electron chi connectivity index (χ1n) is 13.2. The fraction of sp³-hybridized carbons (Fsp3) is 0.500. The van der Waals surface area contributed by atoms with Crippen molar-refractivity contribution in [3.63, 3.8) is 0 Å². The third-order valence-corrected chi connectivity index (χ3v) is 6.46. The Bertz CT molecular complexity index is 963. The third kappa shape index (κ3) is 7.66. The van der Waals surface area contributed by atoms with Gasteiger partial charge in [-0.15, -0.1) is 0 Å². The van der Waals surface area contributed by atoms with Crippen molar-refractivity contribution in [3.05, 3.63) is 72.0 Å². The van der Waals surface area contributed by atoms with E-state index in [0.717, 1.165) is 54.1 Å². The van der Waals surface area contributed by atoms with Crippen LogP contribution in [-0.4, -0.2) is 40.9 Å². The maximum atomic E-state index is 13.4. The molecule has 2 aromatic rings. The minimum atomic E-state index is -0.257. The van der Waals surface area contributed by atoms with Crippen molar-refractivity contribution in [1.29, 1.82) is 0 Å². The standard InChI is InChI=1S/C27H37FN4.C3H8/c1-6-10-26(30-25(8-3)20-15-17-31(5)18-16-20)23(7-2)24-19-29-32(27(24)9-4)22-13-11-21(28)12-14-22;1-3-2/h7,9-14,19-20,25,30H,4,6,8,15-18H2,1-3,5H3;3H2,1-2H3/b23-7+,26-10+;. The van der Waals surface area contributed by atoms with Gasteiger partial charge in [0.15, 0.2) is 0 Å². The summed E-state index contributed by atoms with van der Waals surface area (Å²) < 4.78 is 15.2. The second kappa shape index (κ2) is 14.7. The topological polar surface area (TPSA) is 33.1 Å². The molecule has 0 saturated carbocycles. The lowest BCUT2D eigenvalue weighted by atomic mass is 9.87. The molecule has 1 atom stereocenters. The summed E-state index contributed by atoms with van der Waals surface area (Å²) in [4.78, 5) is 2.42. The zero-order chi connectivity index (χ0) is 25.8. The normalized spacial score (nSPS) is 16.4. The van der Waals surface area contributed by atoms with Gasteiger partial charge in [0, 0.05) is 22.9 Å². The van der Waals surface area contributed by atoms with Crippen molar-refractivity contribution >= 4 is 11.6 Å². The quantitative estimate of drug-likeness (QED) is 0.378. The summed E-state index contributed by atoms with van der Waals surface area (Å²) >= 11 is 0. The predicted molar refractivity (Wildman–Crippen MR) is 149 cm³/mol. The molecule has 35 heavy (non-hydrogen) atoms.